The summed E-state index contributed by atoms with van der Waals surface area (Å²) < 4.78 is 54.0. The van der Waals surface area contributed by atoms with Crippen LogP contribution in [0.5, 0.6) is 0 Å². The van der Waals surface area contributed by atoms with Gasteiger partial charge in [0.05, 0.1) is 6.61 Å². The minimum absolute atomic E-state index is 0.0713. The number of unbranched alkanes of at least 4 members (excludes halogenated alkanes) is 12. The van der Waals surface area contributed by atoms with Gasteiger partial charge in [0.2, 0.25) is 0 Å². The number of esters is 2. The van der Waals surface area contributed by atoms with Gasteiger partial charge in [-0.05, 0) is 89.9 Å². The Hall–Kier alpha value is -3.43. The van der Waals surface area contributed by atoms with Crippen molar-refractivity contribution in [1.82, 2.24) is 0 Å². The standard InChI is InChI=1S/C53H86O12S/c1-3-5-7-9-11-13-15-17-19-21-22-23-24-26-28-30-32-34-36-38-40-42-49(55)64-46(44-63-53-52(58)51(57)50(56)47(65-53)45-66(59,60)61)43-62-48(54)41-39-37-35-33-31-29-27-25-20-18-16-14-12-10-8-6-4-2/h12,14,18-21,23-24,27-30,33-36,46-47,50-53,56-58H,3-11,13,15-17,22,25-26,31-32,37-45H2,1-2H3,(H,59,60,61)/b14-12+,20-18+,21-19+,24-23+,29-27+,30-28+,35-33+,36-34+/t46-,47-,50-,51?,52?,53+/m1/s1. The first-order chi connectivity index (χ1) is 32.0. The number of hydrogen-bond donors (Lipinski definition) is 4. The molecule has 0 saturated carbocycles. The molecule has 6 atom stereocenters. The molecule has 13 heteroatoms. The van der Waals surface area contributed by atoms with Gasteiger partial charge in [0, 0.05) is 12.8 Å². The van der Waals surface area contributed by atoms with Gasteiger partial charge in [-0.1, -0.05) is 162 Å². The Morgan fingerprint density at radius 1 is 0.515 bits per heavy atom. The van der Waals surface area contributed by atoms with Crippen LogP contribution in [-0.2, 0) is 38.7 Å². The molecule has 0 aromatic heterocycles. The zero-order valence-corrected chi connectivity index (χ0v) is 41.1. The maximum atomic E-state index is 12.8. The van der Waals surface area contributed by atoms with Crippen LogP contribution in [0, 0.1) is 0 Å². The molecule has 2 unspecified atom stereocenters. The van der Waals surface area contributed by atoms with Crippen molar-refractivity contribution in [2.75, 3.05) is 19.0 Å². The second-order valence-electron chi connectivity index (χ2n) is 16.8. The Morgan fingerprint density at radius 3 is 1.38 bits per heavy atom. The third-order valence-electron chi connectivity index (χ3n) is 10.6. The third kappa shape index (κ3) is 35.7. The highest BCUT2D eigenvalue weighted by atomic mass is 32.2. The zero-order chi connectivity index (χ0) is 48.4. The number of rotatable bonds is 40. The molecule has 0 amide bonds. The van der Waals surface area contributed by atoms with E-state index in [0.717, 1.165) is 51.4 Å². The quantitative estimate of drug-likeness (QED) is 0.0197. The first-order valence-corrected chi connectivity index (χ1v) is 26.4. The highest BCUT2D eigenvalue weighted by Crippen LogP contribution is 2.24. The zero-order valence-electron chi connectivity index (χ0n) is 40.3. The molecule has 1 aliphatic rings. The molecule has 1 saturated heterocycles. The molecule has 0 aromatic carbocycles. The van der Waals surface area contributed by atoms with E-state index in [1.807, 2.05) is 24.3 Å². The van der Waals surface area contributed by atoms with E-state index >= 15 is 0 Å². The van der Waals surface area contributed by atoms with Crippen molar-refractivity contribution in [2.45, 2.75) is 205 Å². The first kappa shape index (κ1) is 60.6. The molecular weight excluding hydrogens is 861 g/mol. The molecule has 1 rings (SSSR count). The Labute approximate surface area is 398 Å². The molecule has 0 spiro atoms. The second kappa shape index (κ2) is 41.7. The summed E-state index contributed by atoms with van der Waals surface area (Å²) in [6, 6.07) is 0. The van der Waals surface area contributed by atoms with E-state index in [9.17, 15) is 37.9 Å². The number of aliphatic hydroxyl groups is 3. The average Bonchev–Trinajstić information content (AvgIpc) is 3.28. The summed E-state index contributed by atoms with van der Waals surface area (Å²) in [6.45, 7) is 3.63. The fourth-order valence-corrected chi connectivity index (χ4v) is 7.47. The SMILES string of the molecule is CCCCC/C=C/C/C=C/C/C=C/C/C=C/CCCC(=O)OC[C@H](CO[C@H]1O[C@H](CS(=O)(=O)O)[C@@H](O)C(O)C1O)OC(=O)CCC/C=C/C/C=C/C/C=C/C/C=C/CCCCCCCCC. The van der Waals surface area contributed by atoms with Gasteiger partial charge in [0.25, 0.3) is 10.1 Å². The van der Waals surface area contributed by atoms with E-state index in [2.05, 4.69) is 86.8 Å². The van der Waals surface area contributed by atoms with Crippen LogP contribution in [0.4, 0.5) is 0 Å². The summed E-state index contributed by atoms with van der Waals surface area (Å²) in [5.74, 6) is -2.14. The van der Waals surface area contributed by atoms with Gasteiger partial charge in [-0.3, -0.25) is 14.1 Å². The predicted octanol–water partition coefficient (Wildman–Crippen LogP) is 11.0. The third-order valence-corrected chi connectivity index (χ3v) is 11.4. The predicted molar refractivity (Wildman–Crippen MR) is 265 cm³/mol. The smallest absolute Gasteiger partial charge is 0.306 e. The lowest BCUT2D eigenvalue weighted by Crippen LogP contribution is -2.60. The molecule has 12 nitrogen and oxygen atoms in total. The molecule has 4 N–H and O–H groups in total. The van der Waals surface area contributed by atoms with Crippen LogP contribution in [0.2, 0.25) is 0 Å². The Kier molecular flexibility index (Phi) is 38.3. The van der Waals surface area contributed by atoms with Crippen molar-refractivity contribution in [2.24, 2.45) is 0 Å². The van der Waals surface area contributed by atoms with Gasteiger partial charge in [-0.2, -0.15) is 8.42 Å². The summed E-state index contributed by atoms with van der Waals surface area (Å²) in [4.78, 5) is 25.4. The Bertz CT molecular complexity index is 1580. The van der Waals surface area contributed by atoms with Crippen LogP contribution < -0.4 is 0 Å². The van der Waals surface area contributed by atoms with Crippen LogP contribution in [0.1, 0.15) is 168 Å². The molecule has 0 aromatic rings. The van der Waals surface area contributed by atoms with Gasteiger partial charge in [0.15, 0.2) is 12.4 Å². The van der Waals surface area contributed by atoms with Crippen LogP contribution in [0.25, 0.3) is 0 Å². The highest BCUT2D eigenvalue weighted by molar-refractivity contribution is 7.85. The van der Waals surface area contributed by atoms with Crippen molar-refractivity contribution in [3.8, 4) is 0 Å². The molecular formula is C53H86O12S. The number of ether oxygens (including phenoxy) is 4. The van der Waals surface area contributed by atoms with Crippen LogP contribution >= 0.6 is 0 Å². The van der Waals surface area contributed by atoms with Gasteiger partial charge in [-0.25, -0.2) is 0 Å². The number of aliphatic hydroxyl groups excluding tert-OH is 3. The number of allylic oxidation sites excluding steroid dienone is 16. The second-order valence-corrected chi connectivity index (χ2v) is 18.3. The van der Waals surface area contributed by atoms with E-state index in [-0.39, 0.29) is 19.4 Å². The largest absolute Gasteiger partial charge is 0.462 e. The lowest BCUT2D eigenvalue weighted by Gasteiger charge is -2.40. The van der Waals surface area contributed by atoms with Crippen molar-refractivity contribution in [1.29, 1.82) is 0 Å². The summed E-state index contributed by atoms with van der Waals surface area (Å²) >= 11 is 0. The van der Waals surface area contributed by atoms with Gasteiger partial charge < -0.3 is 34.3 Å². The number of carbonyl (C=O) groups is 2. The van der Waals surface area contributed by atoms with Gasteiger partial charge in [0.1, 0.15) is 36.8 Å². The first-order valence-electron chi connectivity index (χ1n) is 24.8. The van der Waals surface area contributed by atoms with Crippen LogP contribution in [0.15, 0.2) is 97.2 Å². The van der Waals surface area contributed by atoms with E-state index in [1.54, 1.807) is 0 Å². The van der Waals surface area contributed by atoms with E-state index in [4.69, 9.17) is 18.9 Å². The average molecular weight is 947 g/mol. The maximum absolute atomic E-state index is 12.8. The van der Waals surface area contributed by atoms with Crippen molar-refractivity contribution >= 4 is 22.1 Å². The minimum atomic E-state index is -4.62. The Balaban J connectivity index is 2.50. The molecule has 0 aliphatic carbocycles. The summed E-state index contributed by atoms with van der Waals surface area (Å²) in [5, 5.41) is 30.9. The molecule has 0 bridgehead atoms. The number of hydrogen-bond acceptors (Lipinski definition) is 11. The topological polar surface area (TPSA) is 186 Å². The molecule has 376 valence electrons. The fourth-order valence-electron chi connectivity index (χ4n) is 6.78. The minimum Gasteiger partial charge on any atom is -0.462 e. The maximum Gasteiger partial charge on any atom is 0.306 e. The summed E-state index contributed by atoms with van der Waals surface area (Å²) in [5.41, 5.74) is 0. The molecule has 0 radical (unpaired) electrons. The van der Waals surface area contributed by atoms with Crippen molar-refractivity contribution in [3.05, 3.63) is 97.2 Å². The van der Waals surface area contributed by atoms with E-state index in [0.29, 0.717) is 25.7 Å². The molecule has 1 fully saturated rings. The molecule has 1 aliphatic heterocycles. The van der Waals surface area contributed by atoms with Crippen LogP contribution in [0.3, 0.4) is 0 Å². The van der Waals surface area contributed by atoms with E-state index in [1.165, 1.54) is 64.2 Å². The Morgan fingerprint density at radius 2 is 0.909 bits per heavy atom. The van der Waals surface area contributed by atoms with Crippen LogP contribution in [-0.4, -0.2) is 96.0 Å². The summed E-state index contributed by atoms with van der Waals surface area (Å²) in [6.07, 6.45) is 47.5. The fraction of sp³-hybridized carbons (Fsp3) is 0.660. The van der Waals surface area contributed by atoms with Crippen molar-refractivity contribution < 1.29 is 56.8 Å². The normalized spacial score (nSPS) is 20.2. The molecule has 66 heavy (non-hydrogen) atoms. The highest BCUT2D eigenvalue weighted by Gasteiger charge is 2.46. The lowest BCUT2D eigenvalue weighted by molar-refractivity contribution is -0.297. The number of carbonyl (C=O) groups excluding carboxylic acids is 2. The monoisotopic (exact) mass is 947 g/mol. The van der Waals surface area contributed by atoms with Crippen molar-refractivity contribution in [3.63, 3.8) is 0 Å². The van der Waals surface area contributed by atoms with Gasteiger partial charge >= 0.3 is 11.9 Å². The summed E-state index contributed by atoms with van der Waals surface area (Å²) in [7, 11) is -4.62. The van der Waals surface area contributed by atoms with Gasteiger partial charge in [-0.15, -0.1) is 0 Å². The lowest BCUT2D eigenvalue weighted by atomic mass is 10.00. The van der Waals surface area contributed by atoms with E-state index < -0.39 is 71.2 Å². The molecule has 1 heterocycles.